The Hall–Kier alpha value is -0.540. The first-order valence-electron chi connectivity index (χ1n) is 5.99. The van der Waals surface area contributed by atoms with Crippen LogP contribution in [-0.2, 0) is 19.5 Å². The summed E-state index contributed by atoms with van der Waals surface area (Å²) in [6.45, 7) is 1.55. The minimum atomic E-state index is -3.85. The van der Waals surface area contributed by atoms with Gasteiger partial charge in [-0.25, -0.2) is 17.5 Å². The zero-order chi connectivity index (χ0) is 15.0. The van der Waals surface area contributed by atoms with Crippen LogP contribution in [0.2, 0.25) is 0 Å². The lowest BCUT2D eigenvalue weighted by Gasteiger charge is -2.08. The van der Waals surface area contributed by atoms with Crippen molar-refractivity contribution in [1.29, 1.82) is 0 Å². The standard InChI is InChI=1S/C12H17BrFNO4S/c1-18-7-8-19-6-2-5-15-20(16,17)12-9-10(13)3-4-11(12)14/h3-4,9,15H,2,5-8H2,1H3. The number of hydrogen-bond acceptors (Lipinski definition) is 4. The molecule has 0 radical (unpaired) electrons. The van der Waals surface area contributed by atoms with Gasteiger partial charge in [0.25, 0.3) is 0 Å². The van der Waals surface area contributed by atoms with E-state index in [1.165, 1.54) is 12.1 Å². The lowest BCUT2D eigenvalue weighted by Crippen LogP contribution is -2.26. The SMILES string of the molecule is COCCOCCCNS(=O)(=O)c1cc(Br)ccc1F. The van der Waals surface area contributed by atoms with Gasteiger partial charge in [-0.3, -0.25) is 0 Å². The number of rotatable bonds is 9. The Kier molecular flexibility index (Phi) is 7.60. The van der Waals surface area contributed by atoms with Gasteiger partial charge in [0.1, 0.15) is 10.7 Å². The monoisotopic (exact) mass is 369 g/mol. The fourth-order valence-electron chi connectivity index (χ4n) is 1.39. The van der Waals surface area contributed by atoms with Crippen molar-refractivity contribution < 1.29 is 22.3 Å². The summed E-state index contributed by atoms with van der Waals surface area (Å²) < 4.78 is 50.2. The number of ether oxygens (including phenoxy) is 2. The van der Waals surface area contributed by atoms with Gasteiger partial charge in [0.2, 0.25) is 10.0 Å². The van der Waals surface area contributed by atoms with Crippen LogP contribution >= 0.6 is 15.9 Å². The van der Waals surface area contributed by atoms with Crippen molar-refractivity contribution in [2.45, 2.75) is 11.3 Å². The molecule has 5 nitrogen and oxygen atoms in total. The van der Waals surface area contributed by atoms with E-state index in [9.17, 15) is 12.8 Å². The highest BCUT2D eigenvalue weighted by Crippen LogP contribution is 2.19. The fraction of sp³-hybridized carbons (Fsp3) is 0.500. The molecule has 1 N–H and O–H groups in total. The molecule has 114 valence electrons. The summed E-state index contributed by atoms with van der Waals surface area (Å²) in [6.07, 6.45) is 0.499. The number of halogens is 2. The normalized spacial score (nSPS) is 11.8. The summed E-state index contributed by atoms with van der Waals surface area (Å²) in [6, 6.07) is 3.78. The average molecular weight is 370 g/mol. The molecule has 0 saturated carbocycles. The van der Waals surface area contributed by atoms with E-state index in [1.54, 1.807) is 7.11 Å². The Morgan fingerprint density at radius 2 is 2.05 bits per heavy atom. The molecule has 0 spiro atoms. The summed E-state index contributed by atoms with van der Waals surface area (Å²) >= 11 is 3.12. The van der Waals surface area contributed by atoms with E-state index in [1.807, 2.05) is 0 Å². The van der Waals surface area contributed by atoms with Crippen molar-refractivity contribution in [1.82, 2.24) is 4.72 Å². The largest absolute Gasteiger partial charge is 0.382 e. The van der Waals surface area contributed by atoms with Crippen molar-refractivity contribution in [3.63, 3.8) is 0 Å². The van der Waals surface area contributed by atoms with Gasteiger partial charge in [0, 0.05) is 24.7 Å². The minimum absolute atomic E-state index is 0.182. The van der Waals surface area contributed by atoms with E-state index < -0.39 is 15.8 Å². The van der Waals surface area contributed by atoms with Gasteiger partial charge in [-0.05, 0) is 24.6 Å². The second-order valence-electron chi connectivity index (χ2n) is 3.93. The number of sulfonamides is 1. The molecule has 1 aromatic carbocycles. The second-order valence-corrected chi connectivity index (χ2v) is 6.58. The van der Waals surface area contributed by atoms with Crippen LogP contribution < -0.4 is 4.72 Å². The summed E-state index contributed by atoms with van der Waals surface area (Å²) in [4.78, 5) is -0.368. The smallest absolute Gasteiger partial charge is 0.243 e. The highest BCUT2D eigenvalue weighted by molar-refractivity contribution is 9.10. The third-order valence-electron chi connectivity index (χ3n) is 2.37. The van der Waals surface area contributed by atoms with Crippen molar-refractivity contribution in [2.75, 3.05) is 33.5 Å². The fourth-order valence-corrected chi connectivity index (χ4v) is 3.07. The number of nitrogens with one attached hydrogen (secondary N) is 1. The van der Waals surface area contributed by atoms with E-state index in [-0.39, 0.29) is 11.4 Å². The molecule has 1 rings (SSSR count). The van der Waals surface area contributed by atoms with Crippen LogP contribution in [0.4, 0.5) is 4.39 Å². The molecule has 0 aliphatic carbocycles. The predicted octanol–water partition coefficient (Wildman–Crippen LogP) is 1.92. The molecule has 0 aliphatic rings. The molecule has 0 atom stereocenters. The highest BCUT2D eigenvalue weighted by atomic mass is 79.9. The third-order valence-corrected chi connectivity index (χ3v) is 4.34. The zero-order valence-electron chi connectivity index (χ0n) is 11.1. The Bertz CT molecular complexity index is 524. The Labute approximate surface area is 126 Å². The van der Waals surface area contributed by atoms with Crippen molar-refractivity contribution in [2.24, 2.45) is 0 Å². The zero-order valence-corrected chi connectivity index (χ0v) is 13.5. The molecule has 0 aromatic heterocycles. The highest BCUT2D eigenvalue weighted by Gasteiger charge is 2.18. The van der Waals surface area contributed by atoms with E-state index in [0.29, 0.717) is 30.7 Å². The number of benzene rings is 1. The molecule has 0 bridgehead atoms. The van der Waals surface area contributed by atoms with Gasteiger partial charge in [-0.1, -0.05) is 15.9 Å². The van der Waals surface area contributed by atoms with Crippen molar-refractivity contribution in [3.8, 4) is 0 Å². The van der Waals surface area contributed by atoms with E-state index >= 15 is 0 Å². The van der Waals surface area contributed by atoms with Gasteiger partial charge in [0.05, 0.1) is 13.2 Å². The summed E-state index contributed by atoms with van der Waals surface area (Å²) in [5.74, 6) is -0.781. The Morgan fingerprint density at radius 3 is 2.75 bits per heavy atom. The van der Waals surface area contributed by atoms with Crippen molar-refractivity contribution in [3.05, 3.63) is 28.5 Å². The summed E-state index contributed by atoms with van der Waals surface area (Å²) in [5.41, 5.74) is 0. The van der Waals surface area contributed by atoms with Crippen molar-refractivity contribution >= 4 is 26.0 Å². The molecule has 0 aliphatic heterocycles. The molecule has 0 saturated heterocycles. The molecule has 0 unspecified atom stereocenters. The molecular formula is C12H17BrFNO4S. The van der Waals surface area contributed by atoms with Gasteiger partial charge in [0.15, 0.2) is 0 Å². The Balaban J connectivity index is 2.44. The first kappa shape index (κ1) is 17.5. The lowest BCUT2D eigenvalue weighted by atomic mass is 10.3. The summed E-state index contributed by atoms with van der Waals surface area (Å²) in [5, 5.41) is 0. The van der Waals surface area contributed by atoms with Crippen LogP contribution in [0.15, 0.2) is 27.6 Å². The molecule has 0 fully saturated rings. The average Bonchev–Trinajstić information content (AvgIpc) is 2.40. The molecule has 0 heterocycles. The molecule has 8 heteroatoms. The first-order chi connectivity index (χ1) is 9.47. The third kappa shape index (κ3) is 5.84. The maximum atomic E-state index is 13.5. The van der Waals surface area contributed by atoms with Crippen LogP contribution in [0.5, 0.6) is 0 Å². The number of hydrogen-bond donors (Lipinski definition) is 1. The summed E-state index contributed by atoms with van der Waals surface area (Å²) in [7, 11) is -2.27. The van der Waals surface area contributed by atoms with Gasteiger partial charge < -0.3 is 9.47 Å². The van der Waals surface area contributed by atoms with Gasteiger partial charge in [-0.2, -0.15) is 0 Å². The lowest BCUT2D eigenvalue weighted by molar-refractivity contribution is 0.0699. The molecule has 20 heavy (non-hydrogen) atoms. The van der Waals surface area contributed by atoms with Crippen LogP contribution in [0.3, 0.4) is 0 Å². The predicted molar refractivity (Wildman–Crippen MR) is 76.6 cm³/mol. The van der Waals surface area contributed by atoms with E-state index in [2.05, 4.69) is 20.7 Å². The van der Waals surface area contributed by atoms with Gasteiger partial charge in [-0.15, -0.1) is 0 Å². The maximum absolute atomic E-state index is 13.5. The second kappa shape index (κ2) is 8.68. The van der Waals surface area contributed by atoms with Gasteiger partial charge >= 0.3 is 0 Å². The van der Waals surface area contributed by atoms with Crippen LogP contribution in [-0.4, -0.2) is 41.9 Å². The van der Waals surface area contributed by atoms with Crippen LogP contribution in [0.25, 0.3) is 0 Å². The molecule has 1 aromatic rings. The van der Waals surface area contributed by atoms with E-state index in [0.717, 1.165) is 6.07 Å². The molecular weight excluding hydrogens is 353 g/mol. The van der Waals surface area contributed by atoms with E-state index in [4.69, 9.17) is 9.47 Å². The van der Waals surface area contributed by atoms with Crippen LogP contribution in [0, 0.1) is 5.82 Å². The number of methoxy groups -OCH3 is 1. The maximum Gasteiger partial charge on any atom is 0.243 e. The molecule has 0 amide bonds. The topological polar surface area (TPSA) is 64.6 Å². The minimum Gasteiger partial charge on any atom is -0.382 e. The van der Waals surface area contributed by atoms with Crippen LogP contribution in [0.1, 0.15) is 6.42 Å². The Morgan fingerprint density at radius 1 is 1.30 bits per heavy atom. The first-order valence-corrected chi connectivity index (χ1v) is 8.26. The quantitative estimate of drug-likeness (QED) is 0.675.